The van der Waals surface area contributed by atoms with Gasteiger partial charge in [0.25, 0.3) is 0 Å². The Morgan fingerprint density at radius 2 is 2.07 bits per heavy atom. The number of esters is 1. The Bertz CT molecular complexity index is 986. The molecule has 0 amide bonds. The van der Waals surface area contributed by atoms with Gasteiger partial charge in [-0.2, -0.15) is 0 Å². The van der Waals surface area contributed by atoms with Gasteiger partial charge in [0.2, 0.25) is 0 Å². The number of nitrogens with zero attached hydrogens (tertiary/aromatic N) is 1. The van der Waals surface area contributed by atoms with Crippen LogP contribution >= 0.6 is 11.8 Å². The highest BCUT2D eigenvalue weighted by atomic mass is 32.2. The van der Waals surface area contributed by atoms with E-state index in [0.29, 0.717) is 12.1 Å². The topological polar surface area (TPSA) is 76.5 Å². The Balaban J connectivity index is 1.79. The molecule has 1 aliphatic heterocycles. The van der Waals surface area contributed by atoms with Crippen molar-refractivity contribution in [3.8, 4) is 11.8 Å². The van der Waals surface area contributed by atoms with Gasteiger partial charge in [-0.05, 0) is 53.7 Å². The average Bonchev–Trinajstić information content (AvgIpc) is 2.66. The van der Waals surface area contributed by atoms with E-state index in [9.17, 15) is 9.59 Å². The Labute approximate surface area is 174 Å². The number of hydrogen-bond acceptors (Lipinski definition) is 5. The maximum absolute atomic E-state index is 11.9. The largest absolute Gasteiger partial charge is 0.478 e. The number of carboxylic acids is 1. The molecule has 1 aliphatic rings. The number of pyridine rings is 1. The van der Waals surface area contributed by atoms with Crippen LogP contribution in [0.25, 0.3) is 0 Å². The van der Waals surface area contributed by atoms with E-state index in [2.05, 4.69) is 36.7 Å². The number of carboxylic acid groups (broad SMARTS) is 1. The zero-order chi connectivity index (χ0) is 21.0. The van der Waals surface area contributed by atoms with E-state index in [1.807, 2.05) is 19.1 Å². The van der Waals surface area contributed by atoms with Gasteiger partial charge in [-0.15, -0.1) is 0 Å². The molecule has 1 atom stereocenters. The third-order valence-corrected chi connectivity index (χ3v) is 5.84. The number of hydrogen-bond donors (Lipinski definition) is 1. The molecule has 1 unspecified atom stereocenters. The highest BCUT2D eigenvalue weighted by Crippen LogP contribution is 2.46. The number of aromatic nitrogens is 1. The van der Waals surface area contributed by atoms with Gasteiger partial charge in [-0.1, -0.05) is 38.5 Å². The summed E-state index contributed by atoms with van der Waals surface area (Å²) >= 11 is 1.58. The lowest BCUT2D eigenvalue weighted by Crippen LogP contribution is -2.31. The van der Waals surface area contributed by atoms with E-state index in [0.717, 1.165) is 23.3 Å². The first kappa shape index (κ1) is 20.9. The lowest BCUT2D eigenvalue weighted by molar-refractivity contribution is -0.145. The van der Waals surface area contributed by atoms with Crippen molar-refractivity contribution in [2.24, 2.45) is 0 Å². The van der Waals surface area contributed by atoms with Crippen LogP contribution in [0.3, 0.4) is 0 Å². The average molecular weight is 410 g/mol. The molecule has 3 rings (SSSR count). The molecule has 0 fully saturated rings. The Morgan fingerprint density at radius 3 is 2.72 bits per heavy atom. The third-order valence-electron chi connectivity index (χ3n) is 4.71. The van der Waals surface area contributed by atoms with Crippen molar-refractivity contribution in [2.45, 2.75) is 55.8 Å². The van der Waals surface area contributed by atoms with Crippen LogP contribution in [0.5, 0.6) is 0 Å². The maximum atomic E-state index is 11.9. The summed E-state index contributed by atoms with van der Waals surface area (Å²) in [5.74, 6) is 4.93. The summed E-state index contributed by atoms with van der Waals surface area (Å²) in [4.78, 5) is 28.0. The van der Waals surface area contributed by atoms with Crippen LogP contribution in [0.4, 0.5) is 0 Å². The van der Waals surface area contributed by atoms with E-state index in [1.165, 1.54) is 17.8 Å². The van der Waals surface area contributed by atoms with Gasteiger partial charge in [0, 0.05) is 29.5 Å². The molecule has 1 aromatic heterocycles. The smallest absolute Gasteiger partial charge is 0.337 e. The zero-order valence-electron chi connectivity index (χ0n) is 16.7. The second kappa shape index (κ2) is 8.71. The normalized spacial score (nSPS) is 16.9. The fourth-order valence-corrected chi connectivity index (χ4v) is 4.70. The summed E-state index contributed by atoms with van der Waals surface area (Å²) in [7, 11) is 0. The van der Waals surface area contributed by atoms with Crippen molar-refractivity contribution in [2.75, 3.05) is 0 Å². The maximum Gasteiger partial charge on any atom is 0.337 e. The van der Waals surface area contributed by atoms with Gasteiger partial charge in [0.1, 0.15) is 5.69 Å². The molecule has 0 bridgehead atoms. The van der Waals surface area contributed by atoms with Crippen LogP contribution in [0.1, 0.15) is 67.2 Å². The summed E-state index contributed by atoms with van der Waals surface area (Å²) in [6.07, 6.45) is 3.28. The van der Waals surface area contributed by atoms with E-state index >= 15 is 0 Å². The van der Waals surface area contributed by atoms with Crippen LogP contribution < -0.4 is 0 Å². The quantitative estimate of drug-likeness (QED) is 0.586. The molecule has 29 heavy (non-hydrogen) atoms. The van der Waals surface area contributed by atoms with Crippen molar-refractivity contribution in [3.63, 3.8) is 0 Å². The molecular formula is C23H23NO4S. The van der Waals surface area contributed by atoms with Crippen LogP contribution in [-0.4, -0.2) is 27.5 Å². The molecule has 1 N–H and O–H groups in total. The fourth-order valence-electron chi connectivity index (χ4n) is 3.16. The molecule has 1 aromatic carbocycles. The van der Waals surface area contributed by atoms with Gasteiger partial charge in [0.05, 0.1) is 5.56 Å². The Hall–Kier alpha value is -2.78. The Kier molecular flexibility index (Phi) is 6.29. The molecule has 0 saturated heterocycles. The molecule has 150 valence electrons. The number of benzene rings is 1. The van der Waals surface area contributed by atoms with E-state index < -0.39 is 5.97 Å². The van der Waals surface area contributed by atoms with Crippen molar-refractivity contribution in [1.82, 2.24) is 4.98 Å². The van der Waals surface area contributed by atoms with Crippen molar-refractivity contribution >= 4 is 23.7 Å². The second-order valence-corrected chi connectivity index (χ2v) is 8.77. The summed E-state index contributed by atoms with van der Waals surface area (Å²) in [5, 5.41) is 8.93. The molecule has 0 aliphatic carbocycles. The number of ether oxygens (including phenoxy) is 1. The Morgan fingerprint density at radius 1 is 1.28 bits per heavy atom. The van der Waals surface area contributed by atoms with Gasteiger partial charge in [-0.3, -0.25) is 4.79 Å². The zero-order valence-corrected chi connectivity index (χ0v) is 17.5. The first-order valence-electron chi connectivity index (χ1n) is 9.50. The molecule has 0 spiro atoms. The van der Waals surface area contributed by atoms with E-state index in [-0.39, 0.29) is 22.4 Å². The molecular weight excluding hydrogens is 386 g/mol. The molecule has 2 heterocycles. The first-order valence-corrected chi connectivity index (χ1v) is 10.4. The summed E-state index contributed by atoms with van der Waals surface area (Å²) in [5.41, 5.74) is 2.39. The standard InChI is InChI=1S/C23H23NO4S/c1-4-5-20(25)28-21-13-23(2,3)18-12-15(7-11-19(18)29-21)6-9-17-10-8-16(14-24-17)22(26)27/h7-8,10-12,14,21H,4-5,13H2,1-3H3,(H,26,27). The third kappa shape index (κ3) is 5.18. The minimum Gasteiger partial charge on any atom is -0.478 e. The molecule has 2 aromatic rings. The van der Waals surface area contributed by atoms with Crippen LogP contribution in [-0.2, 0) is 14.9 Å². The summed E-state index contributed by atoms with van der Waals surface area (Å²) < 4.78 is 5.63. The molecule has 0 saturated carbocycles. The summed E-state index contributed by atoms with van der Waals surface area (Å²) in [6, 6.07) is 9.13. The van der Waals surface area contributed by atoms with Crippen LogP contribution in [0.2, 0.25) is 0 Å². The van der Waals surface area contributed by atoms with Gasteiger partial charge >= 0.3 is 11.9 Å². The SMILES string of the molecule is CCCC(=O)OC1CC(C)(C)c2cc(C#Cc3ccc(C(=O)O)cn3)ccc2S1. The molecule has 0 radical (unpaired) electrons. The minimum absolute atomic E-state index is 0.136. The number of aromatic carboxylic acids is 1. The van der Waals surface area contributed by atoms with Crippen LogP contribution in [0, 0.1) is 11.8 Å². The predicted molar refractivity (Wildman–Crippen MR) is 112 cm³/mol. The second-order valence-electron chi connectivity index (χ2n) is 7.57. The number of rotatable bonds is 4. The number of thioether (sulfide) groups is 1. The molecule has 6 heteroatoms. The minimum atomic E-state index is -1.01. The van der Waals surface area contributed by atoms with Gasteiger partial charge in [0.15, 0.2) is 5.44 Å². The number of fused-ring (bicyclic) bond motifs is 1. The monoisotopic (exact) mass is 409 g/mol. The van der Waals surface area contributed by atoms with Crippen LogP contribution in [0.15, 0.2) is 41.4 Å². The van der Waals surface area contributed by atoms with Crippen molar-refractivity contribution < 1.29 is 19.4 Å². The molecule has 5 nitrogen and oxygen atoms in total. The lowest BCUT2D eigenvalue weighted by Gasteiger charge is -2.36. The van der Waals surface area contributed by atoms with E-state index in [4.69, 9.17) is 9.84 Å². The lowest BCUT2D eigenvalue weighted by atomic mass is 9.80. The van der Waals surface area contributed by atoms with Gasteiger partial charge in [-0.25, -0.2) is 9.78 Å². The number of carbonyl (C=O) groups excluding carboxylic acids is 1. The van der Waals surface area contributed by atoms with E-state index in [1.54, 1.807) is 17.8 Å². The highest BCUT2D eigenvalue weighted by molar-refractivity contribution is 7.99. The van der Waals surface area contributed by atoms with Crippen molar-refractivity contribution in [1.29, 1.82) is 0 Å². The highest BCUT2D eigenvalue weighted by Gasteiger charge is 2.35. The predicted octanol–water partition coefficient (Wildman–Crippen LogP) is 4.62. The van der Waals surface area contributed by atoms with Crippen molar-refractivity contribution in [3.05, 3.63) is 58.9 Å². The van der Waals surface area contributed by atoms with Gasteiger partial charge < -0.3 is 9.84 Å². The first-order chi connectivity index (χ1) is 13.8. The fraction of sp³-hybridized carbons (Fsp3) is 0.348. The number of carbonyl (C=O) groups is 2. The summed E-state index contributed by atoms with van der Waals surface area (Å²) in [6.45, 7) is 6.26.